The van der Waals surface area contributed by atoms with Crippen LogP contribution in [0.2, 0.25) is 5.02 Å². The Bertz CT molecular complexity index is 667. The summed E-state index contributed by atoms with van der Waals surface area (Å²) in [5.74, 6) is -0.294. The highest BCUT2D eigenvalue weighted by Gasteiger charge is 2.11. The molecule has 2 rings (SSSR count). The first-order chi connectivity index (χ1) is 9.54. The summed E-state index contributed by atoms with van der Waals surface area (Å²) in [7, 11) is 0. The molecule has 1 unspecified atom stereocenters. The number of rotatable bonds is 4. The average molecular weight is 291 g/mol. The lowest BCUT2D eigenvalue weighted by Crippen LogP contribution is -2.35. The molecule has 0 bridgehead atoms. The number of carbonyl (C=O) groups is 1. The van der Waals surface area contributed by atoms with E-state index in [1.165, 1.54) is 6.07 Å². The van der Waals surface area contributed by atoms with E-state index in [1.54, 1.807) is 12.1 Å². The van der Waals surface area contributed by atoms with Crippen molar-refractivity contribution in [1.29, 1.82) is 0 Å². The standard InChI is InChI=1S/C15H15ClN2O2/c1-10(8-11-4-2-5-12(16)9-11)17-15(20)13-6-3-7-14(19)18-13/h2-7,9-10H,8H2,1H3,(H,17,20)(H,18,19). The van der Waals surface area contributed by atoms with Gasteiger partial charge in [-0.3, -0.25) is 9.59 Å². The summed E-state index contributed by atoms with van der Waals surface area (Å²) in [5.41, 5.74) is 1.02. The van der Waals surface area contributed by atoms with Crippen LogP contribution < -0.4 is 10.9 Å². The molecule has 1 heterocycles. The van der Waals surface area contributed by atoms with E-state index in [0.29, 0.717) is 11.4 Å². The van der Waals surface area contributed by atoms with Crippen LogP contribution in [0.4, 0.5) is 0 Å². The average Bonchev–Trinajstić information content (AvgIpc) is 2.38. The molecule has 2 aromatic rings. The zero-order valence-electron chi connectivity index (χ0n) is 11.0. The van der Waals surface area contributed by atoms with Gasteiger partial charge in [0.25, 0.3) is 5.91 Å². The Balaban J connectivity index is 1.99. The predicted octanol–water partition coefficient (Wildman–Crippen LogP) is 2.39. The normalized spacial score (nSPS) is 11.9. The number of hydrogen-bond acceptors (Lipinski definition) is 2. The quantitative estimate of drug-likeness (QED) is 0.908. The summed E-state index contributed by atoms with van der Waals surface area (Å²) in [6.07, 6.45) is 0.670. The van der Waals surface area contributed by atoms with Gasteiger partial charge in [0.2, 0.25) is 5.56 Å². The van der Waals surface area contributed by atoms with Crippen LogP contribution >= 0.6 is 11.6 Å². The number of amides is 1. The van der Waals surface area contributed by atoms with Crippen LogP contribution in [-0.4, -0.2) is 16.9 Å². The Labute approximate surface area is 121 Å². The molecule has 1 amide bonds. The molecule has 104 valence electrons. The number of nitrogens with one attached hydrogen (secondary N) is 2. The van der Waals surface area contributed by atoms with E-state index in [2.05, 4.69) is 10.3 Å². The third-order valence-corrected chi connectivity index (χ3v) is 3.06. The van der Waals surface area contributed by atoms with Crippen molar-refractivity contribution in [1.82, 2.24) is 10.3 Å². The fourth-order valence-corrected chi connectivity index (χ4v) is 2.16. The number of pyridine rings is 1. The van der Waals surface area contributed by atoms with E-state index in [1.807, 2.05) is 31.2 Å². The second-order valence-electron chi connectivity index (χ2n) is 4.64. The highest BCUT2D eigenvalue weighted by atomic mass is 35.5. The molecular weight excluding hydrogens is 276 g/mol. The topological polar surface area (TPSA) is 62.0 Å². The molecule has 20 heavy (non-hydrogen) atoms. The zero-order chi connectivity index (χ0) is 14.5. The number of aromatic amines is 1. The third-order valence-electron chi connectivity index (χ3n) is 2.82. The van der Waals surface area contributed by atoms with Crippen LogP contribution in [0.5, 0.6) is 0 Å². The van der Waals surface area contributed by atoms with Gasteiger partial charge in [-0.05, 0) is 37.1 Å². The molecule has 0 aliphatic heterocycles. The highest BCUT2D eigenvalue weighted by molar-refractivity contribution is 6.30. The summed E-state index contributed by atoms with van der Waals surface area (Å²) in [6, 6.07) is 11.9. The molecule has 0 radical (unpaired) electrons. The summed E-state index contributed by atoms with van der Waals surface area (Å²) in [4.78, 5) is 25.6. The van der Waals surface area contributed by atoms with Crippen molar-refractivity contribution in [3.8, 4) is 0 Å². The van der Waals surface area contributed by atoms with Gasteiger partial charge in [0.05, 0.1) is 0 Å². The number of H-pyrrole nitrogens is 1. The minimum atomic E-state index is -0.294. The third kappa shape index (κ3) is 3.96. The van der Waals surface area contributed by atoms with Gasteiger partial charge in [-0.2, -0.15) is 0 Å². The molecule has 5 heteroatoms. The van der Waals surface area contributed by atoms with Crippen LogP contribution in [0.1, 0.15) is 23.0 Å². The molecular formula is C15H15ClN2O2. The maximum atomic E-state index is 12.0. The summed E-state index contributed by atoms with van der Waals surface area (Å²) in [5, 5.41) is 3.51. The highest BCUT2D eigenvalue weighted by Crippen LogP contribution is 2.12. The van der Waals surface area contributed by atoms with E-state index in [0.717, 1.165) is 5.56 Å². The Morgan fingerprint density at radius 1 is 1.30 bits per heavy atom. The molecule has 1 aromatic heterocycles. The number of benzene rings is 1. The van der Waals surface area contributed by atoms with E-state index in [4.69, 9.17) is 11.6 Å². The van der Waals surface area contributed by atoms with Crippen molar-refractivity contribution in [2.24, 2.45) is 0 Å². The molecule has 1 atom stereocenters. The van der Waals surface area contributed by atoms with Crippen molar-refractivity contribution in [3.05, 3.63) is 69.1 Å². The molecule has 0 aliphatic carbocycles. The van der Waals surface area contributed by atoms with Gasteiger partial charge in [-0.25, -0.2) is 0 Å². The van der Waals surface area contributed by atoms with Gasteiger partial charge in [0.15, 0.2) is 0 Å². The van der Waals surface area contributed by atoms with Gasteiger partial charge in [0, 0.05) is 17.1 Å². The SMILES string of the molecule is CC(Cc1cccc(Cl)c1)NC(=O)c1cccc(=O)[nH]1. The number of carbonyl (C=O) groups excluding carboxylic acids is 1. The van der Waals surface area contributed by atoms with Crippen LogP contribution in [0, 0.1) is 0 Å². The van der Waals surface area contributed by atoms with E-state index >= 15 is 0 Å². The van der Waals surface area contributed by atoms with E-state index in [9.17, 15) is 9.59 Å². The fourth-order valence-electron chi connectivity index (χ4n) is 1.95. The lowest BCUT2D eigenvalue weighted by atomic mass is 10.1. The van der Waals surface area contributed by atoms with Gasteiger partial charge >= 0.3 is 0 Å². The Kier molecular flexibility index (Phi) is 4.58. The van der Waals surface area contributed by atoms with Crippen LogP contribution in [0.25, 0.3) is 0 Å². The maximum Gasteiger partial charge on any atom is 0.268 e. The summed E-state index contributed by atoms with van der Waals surface area (Å²) in [6.45, 7) is 1.90. The first kappa shape index (κ1) is 14.3. The summed E-state index contributed by atoms with van der Waals surface area (Å²) >= 11 is 5.92. The van der Waals surface area contributed by atoms with Crippen molar-refractivity contribution in [2.45, 2.75) is 19.4 Å². The zero-order valence-corrected chi connectivity index (χ0v) is 11.8. The molecule has 0 spiro atoms. The minimum Gasteiger partial charge on any atom is -0.348 e. The largest absolute Gasteiger partial charge is 0.348 e. The van der Waals surface area contributed by atoms with Gasteiger partial charge in [0.1, 0.15) is 5.69 Å². The number of halogens is 1. The molecule has 0 fully saturated rings. The van der Waals surface area contributed by atoms with Gasteiger partial charge < -0.3 is 10.3 Å². The number of hydrogen-bond donors (Lipinski definition) is 2. The van der Waals surface area contributed by atoms with Crippen LogP contribution in [0.15, 0.2) is 47.3 Å². The monoisotopic (exact) mass is 290 g/mol. The molecule has 0 saturated carbocycles. The summed E-state index contributed by atoms with van der Waals surface area (Å²) < 4.78 is 0. The van der Waals surface area contributed by atoms with E-state index < -0.39 is 0 Å². The van der Waals surface area contributed by atoms with Crippen molar-refractivity contribution in [2.75, 3.05) is 0 Å². The Morgan fingerprint density at radius 2 is 2.05 bits per heavy atom. The van der Waals surface area contributed by atoms with E-state index in [-0.39, 0.29) is 23.2 Å². The smallest absolute Gasteiger partial charge is 0.268 e. The predicted molar refractivity (Wildman–Crippen MR) is 79.1 cm³/mol. The Hall–Kier alpha value is -2.07. The molecule has 1 aromatic carbocycles. The van der Waals surface area contributed by atoms with Crippen molar-refractivity contribution in [3.63, 3.8) is 0 Å². The fraction of sp³-hybridized carbons (Fsp3) is 0.200. The molecule has 0 aliphatic rings. The van der Waals surface area contributed by atoms with Crippen molar-refractivity contribution < 1.29 is 4.79 Å². The second-order valence-corrected chi connectivity index (χ2v) is 5.07. The Morgan fingerprint density at radius 3 is 2.75 bits per heavy atom. The van der Waals surface area contributed by atoms with Crippen LogP contribution in [-0.2, 0) is 6.42 Å². The first-order valence-electron chi connectivity index (χ1n) is 6.29. The first-order valence-corrected chi connectivity index (χ1v) is 6.67. The van der Waals surface area contributed by atoms with Crippen molar-refractivity contribution >= 4 is 17.5 Å². The van der Waals surface area contributed by atoms with Gasteiger partial charge in [-0.15, -0.1) is 0 Å². The molecule has 2 N–H and O–H groups in total. The lowest BCUT2D eigenvalue weighted by molar-refractivity contribution is 0.0935. The van der Waals surface area contributed by atoms with Crippen LogP contribution in [0.3, 0.4) is 0 Å². The molecule has 0 saturated heterocycles. The molecule has 4 nitrogen and oxygen atoms in total. The second kappa shape index (κ2) is 6.39. The lowest BCUT2D eigenvalue weighted by Gasteiger charge is -2.14. The maximum absolute atomic E-state index is 12.0. The van der Waals surface area contributed by atoms with Gasteiger partial charge in [-0.1, -0.05) is 29.8 Å². The minimum absolute atomic E-state index is 0.0651. The number of aromatic nitrogens is 1.